The quantitative estimate of drug-likeness (QED) is 0.597. The van der Waals surface area contributed by atoms with Gasteiger partial charge in [0.15, 0.2) is 0 Å². The number of nitrogens with zero attached hydrogens (tertiary/aromatic N) is 4. The third-order valence-electron chi connectivity index (χ3n) is 5.16. The van der Waals surface area contributed by atoms with Gasteiger partial charge in [0, 0.05) is 31.9 Å². The van der Waals surface area contributed by atoms with Gasteiger partial charge in [-0.25, -0.2) is 4.68 Å². The molecule has 29 heavy (non-hydrogen) atoms. The van der Waals surface area contributed by atoms with Crippen molar-refractivity contribution in [3.05, 3.63) is 81.5 Å². The maximum atomic E-state index is 12.4. The largest absolute Gasteiger partial charge is 0.485 e. The third kappa shape index (κ3) is 4.92. The first-order chi connectivity index (χ1) is 14.1. The Kier molecular flexibility index (Phi) is 5.76. The maximum absolute atomic E-state index is 12.4. The molecule has 146 valence electrons. The topological polar surface area (TPSA) is 60.2 Å². The Bertz CT molecular complexity index is 1050. The minimum Gasteiger partial charge on any atom is -0.485 e. The van der Waals surface area contributed by atoms with E-state index in [1.165, 1.54) is 27.4 Å². The summed E-state index contributed by atoms with van der Waals surface area (Å²) in [6.07, 6.45) is 4.99. The first kappa shape index (κ1) is 19.4. The van der Waals surface area contributed by atoms with Gasteiger partial charge in [0.1, 0.15) is 20.2 Å². The normalized spacial score (nSPS) is 13.8. The second-order valence-electron chi connectivity index (χ2n) is 7.47. The number of likely N-dealkylation sites (N-methyl/N-ethyl adjacent to an activating group) is 1. The van der Waals surface area contributed by atoms with Crippen molar-refractivity contribution in [2.45, 2.75) is 32.5 Å². The van der Waals surface area contributed by atoms with Crippen LogP contribution in [0.3, 0.4) is 0 Å². The van der Waals surface area contributed by atoms with Gasteiger partial charge in [-0.05, 0) is 42.6 Å². The minimum absolute atomic E-state index is 0.174. The van der Waals surface area contributed by atoms with Gasteiger partial charge in [-0.2, -0.15) is 5.10 Å². The standard InChI is InChI=1S/C22H23BN4O2/c1-26-8-7-17-10-16(2-3-18(17)14-26)6-9-27-22(28)11-21(13-25-27)29-15-20-5-4-19(23)12-24-20/h2-5,10-13H,6-9,14-15H2,1H3. The molecule has 0 bridgehead atoms. The van der Waals surface area contributed by atoms with E-state index in [0.717, 1.165) is 31.6 Å². The van der Waals surface area contributed by atoms with Crippen LogP contribution < -0.4 is 15.8 Å². The summed E-state index contributed by atoms with van der Waals surface area (Å²) in [5.74, 6) is 0.433. The van der Waals surface area contributed by atoms with E-state index in [-0.39, 0.29) is 12.2 Å². The van der Waals surface area contributed by atoms with Gasteiger partial charge < -0.3 is 9.64 Å². The number of rotatable bonds is 6. The van der Waals surface area contributed by atoms with E-state index in [9.17, 15) is 4.79 Å². The number of fused-ring (bicyclic) bond motifs is 1. The summed E-state index contributed by atoms with van der Waals surface area (Å²) in [4.78, 5) is 18.9. The van der Waals surface area contributed by atoms with Crippen molar-refractivity contribution in [1.29, 1.82) is 0 Å². The molecule has 6 nitrogen and oxygen atoms in total. The molecule has 1 aliphatic heterocycles. The van der Waals surface area contributed by atoms with Crippen LogP contribution in [-0.4, -0.2) is 41.1 Å². The van der Waals surface area contributed by atoms with Crippen molar-refractivity contribution in [3.8, 4) is 5.75 Å². The Morgan fingerprint density at radius 2 is 2.03 bits per heavy atom. The van der Waals surface area contributed by atoms with Gasteiger partial charge in [-0.3, -0.25) is 9.78 Å². The van der Waals surface area contributed by atoms with Crippen molar-refractivity contribution in [2.24, 2.45) is 0 Å². The summed E-state index contributed by atoms with van der Waals surface area (Å²) in [6, 6.07) is 11.7. The second kappa shape index (κ2) is 8.61. The predicted octanol–water partition coefficient (Wildman–Crippen LogP) is 1.24. The Morgan fingerprint density at radius 1 is 1.14 bits per heavy atom. The van der Waals surface area contributed by atoms with Crippen molar-refractivity contribution in [2.75, 3.05) is 13.6 Å². The molecule has 0 spiro atoms. The van der Waals surface area contributed by atoms with Gasteiger partial charge in [0.05, 0.1) is 11.9 Å². The first-order valence-corrected chi connectivity index (χ1v) is 9.76. The summed E-state index contributed by atoms with van der Waals surface area (Å²) in [7, 11) is 7.77. The van der Waals surface area contributed by atoms with Crippen LogP contribution in [0.1, 0.15) is 22.4 Å². The fourth-order valence-corrected chi connectivity index (χ4v) is 3.48. The number of benzene rings is 1. The highest BCUT2D eigenvalue weighted by molar-refractivity contribution is 6.31. The SMILES string of the molecule is [B]c1ccc(COc2cnn(CCc3ccc4c(c3)CCN(C)C4)c(=O)c2)nc1. The number of pyridine rings is 1. The molecule has 0 atom stereocenters. The molecule has 3 aromatic rings. The van der Waals surface area contributed by atoms with E-state index in [0.29, 0.717) is 17.8 Å². The highest BCUT2D eigenvalue weighted by Gasteiger charge is 2.13. The Hall–Kier alpha value is -2.93. The molecule has 0 saturated carbocycles. The Balaban J connectivity index is 1.36. The van der Waals surface area contributed by atoms with E-state index in [4.69, 9.17) is 12.6 Å². The van der Waals surface area contributed by atoms with Gasteiger partial charge in [-0.1, -0.05) is 29.7 Å². The molecule has 4 rings (SSSR count). The smallest absolute Gasteiger partial charge is 0.270 e. The molecule has 1 aliphatic rings. The average Bonchev–Trinajstić information content (AvgIpc) is 2.72. The molecular weight excluding hydrogens is 363 g/mol. The van der Waals surface area contributed by atoms with Crippen LogP contribution in [-0.2, 0) is 32.5 Å². The zero-order valence-electron chi connectivity index (χ0n) is 16.5. The highest BCUT2D eigenvalue weighted by atomic mass is 16.5. The van der Waals surface area contributed by atoms with Crippen LogP contribution in [0.4, 0.5) is 0 Å². The van der Waals surface area contributed by atoms with Gasteiger partial charge >= 0.3 is 0 Å². The van der Waals surface area contributed by atoms with Gasteiger partial charge in [0.2, 0.25) is 0 Å². The van der Waals surface area contributed by atoms with E-state index in [1.807, 2.05) is 0 Å². The number of aromatic nitrogens is 3. The number of hydrogen-bond acceptors (Lipinski definition) is 5. The zero-order chi connectivity index (χ0) is 20.2. The molecule has 0 amide bonds. The molecule has 2 aromatic heterocycles. The molecule has 0 saturated heterocycles. The second-order valence-corrected chi connectivity index (χ2v) is 7.47. The molecule has 0 unspecified atom stereocenters. The highest BCUT2D eigenvalue weighted by Crippen LogP contribution is 2.19. The minimum atomic E-state index is -0.174. The molecule has 2 radical (unpaired) electrons. The van der Waals surface area contributed by atoms with Gasteiger partial charge in [-0.15, -0.1) is 0 Å². The molecule has 1 aromatic carbocycles. The molecular formula is C22H23BN4O2. The van der Waals surface area contributed by atoms with E-state index < -0.39 is 0 Å². The lowest BCUT2D eigenvalue weighted by Crippen LogP contribution is -2.26. The van der Waals surface area contributed by atoms with E-state index >= 15 is 0 Å². The number of aryl methyl sites for hydroxylation is 2. The molecule has 0 aliphatic carbocycles. The Morgan fingerprint density at radius 3 is 2.83 bits per heavy atom. The lowest BCUT2D eigenvalue weighted by atomic mass is 9.96. The monoisotopic (exact) mass is 386 g/mol. The maximum Gasteiger partial charge on any atom is 0.270 e. The lowest BCUT2D eigenvalue weighted by Gasteiger charge is -2.25. The van der Waals surface area contributed by atoms with E-state index in [1.54, 1.807) is 24.5 Å². The number of hydrogen-bond donors (Lipinski definition) is 0. The first-order valence-electron chi connectivity index (χ1n) is 9.76. The molecule has 3 heterocycles. The van der Waals surface area contributed by atoms with Crippen molar-refractivity contribution in [3.63, 3.8) is 0 Å². The average molecular weight is 386 g/mol. The van der Waals surface area contributed by atoms with Crippen LogP contribution in [0.5, 0.6) is 5.75 Å². The van der Waals surface area contributed by atoms with Crippen LogP contribution >= 0.6 is 0 Å². The fourth-order valence-electron chi connectivity index (χ4n) is 3.48. The summed E-state index contributed by atoms with van der Waals surface area (Å²) in [5, 5.41) is 4.25. The zero-order valence-corrected chi connectivity index (χ0v) is 16.5. The molecule has 7 heteroatoms. The molecule has 0 N–H and O–H groups in total. The summed E-state index contributed by atoms with van der Waals surface area (Å²) in [5.41, 5.74) is 5.21. The van der Waals surface area contributed by atoms with Gasteiger partial charge in [0.25, 0.3) is 5.56 Å². The summed E-state index contributed by atoms with van der Waals surface area (Å²) in [6.45, 7) is 2.89. The van der Waals surface area contributed by atoms with Crippen LogP contribution in [0.2, 0.25) is 0 Å². The van der Waals surface area contributed by atoms with Crippen LogP contribution in [0.15, 0.2) is 53.6 Å². The van der Waals surface area contributed by atoms with Crippen LogP contribution in [0, 0.1) is 0 Å². The number of ether oxygens (including phenoxy) is 1. The fraction of sp³-hybridized carbons (Fsp3) is 0.318. The summed E-state index contributed by atoms with van der Waals surface area (Å²) >= 11 is 0. The van der Waals surface area contributed by atoms with Crippen molar-refractivity contribution < 1.29 is 4.74 Å². The van der Waals surface area contributed by atoms with Crippen molar-refractivity contribution in [1.82, 2.24) is 19.7 Å². The van der Waals surface area contributed by atoms with E-state index in [2.05, 4.69) is 40.2 Å². The molecule has 0 fully saturated rings. The predicted molar refractivity (Wildman–Crippen MR) is 113 cm³/mol. The lowest BCUT2D eigenvalue weighted by molar-refractivity contribution is 0.297. The summed E-state index contributed by atoms with van der Waals surface area (Å²) < 4.78 is 7.09. The van der Waals surface area contributed by atoms with Crippen molar-refractivity contribution >= 4 is 13.3 Å². The Labute approximate surface area is 171 Å². The van der Waals surface area contributed by atoms with Crippen LogP contribution in [0.25, 0.3) is 0 Å². The third-order valence-corrected chi connectivity index (χ3v) is 5.16.